The summed E-state index contributed by atoms with van der Waals surface area (Å²) in [6.45, 7) is 0.805. The molecule has 5 N–H and O–H groups in total. The number of rotatable bonds is 5. The van der Waals surface area contributed by atoms with Crippen LogP contribution >= 0.6 is 0 Å². The van der Waals surface area contributed by atoms with Crippen molar-refractivity contribution in [2.24, 2.45) is 5.73 Å². The van der Waals surface area contributed by atoms with Crippen molar-refractivity contribution in [3.05, 3.63) is 52.9 Å². The molecule has 1 aliphatic rings. The lowest BCUT2D eigenvalue weighted by Gasteiger charge is -2.29. The van der Waals surface area contributed by atoms with E-state index < -0.39 is 42.1 Å². The Hall–Kier alpha value is -3.76. The van der Waals surface area contributed by atoms with Crippen LogP contribution in [0.5, 0.6) is 5.75 Å². The van der Waals surface area contributed by atoms with Gasteiger partial charge in [-0.25, -0.2) is 13.6 Å². The average Bonchev–Trinajstić information content (AvgIpc) is 2.65. The van der Waals surface area contributed by atoms with Crippen LogP contribution in [0.3, 0.4) is 0 Å². The molecule has 0 spiro atoms. The highest BCUT2D eigenvalue weighted by molar-refractivity contribution is 5.95. The molecule has 0 unspecified atom stereocenters. The van der Waals surface area contributed by atoms with E-state index in [-0.39, 0.29) is 34.8 Å². The Bertz CT molecular complexity index is 1010. The second kappa shape index (κ2) is 7.70. The van der Waals surface area contributed by atoms with E-state index in [4.69, 9.17) is 5.73 Å². The lowest BCUT2D eigenvalue weighted by molar-refractivity contribution is -0.122. The summed E-state index contributed by atoms with van der Waals surface area (Å²) in [5, 5.41) is 14.9. The molecule has 0 saturated heterocycles. The minimum atomic E-state index is -1.09. The molecule has 1 aromatic carbocycles. The number of halogens is 2. The van der Waals surface area contributed by atoms with Crippen LogP contribution in [-0.2, 0) is 11.3 Å². The smallest absolute Gasteiger partial charge is 0.322 e. The zero-order valence-corrected chi connectivity index (χ0v) is 15.2. The monoisotopic (exact) mass is 405 g/mol. The molecule has 4 amide bonds. The zero-order chi connectivity index (χ0) is 21.3. The van der Waals surface area contributed by atoms with Crippen molar-refractivity contribution in [1.29, 1.82) is 0 Å². The Balaban J connectivity index is 1.68. The molecule has 3 rings (SSSR count). The third kappa shape index (κ3) is 4.08. The molecule has 1 aromatic heterocycles. The molecule has 0 aliphatic carbocycles. The van der Waals surface area contributed by atoms with Crippen molar-refractivity contribution in [3.8, 4) is 5.75 Å². The van der Waals surface area contributed by atoms with Gasteiger partial charge in [0.1, 0.15) is 18.0 Å². The number of urea groups is 1. The highest BCUT2D eigenvalue weighted by Gasteiger charge is 2.28. The predicted molar refractivity (Wildman–Crippen MR) is 96.8 cm³/mol. The standard InChI is InChI=1S/C18H17F2N5O4/c1-8(16-13(26)4-9(5-22-16)17(21)28)23-14(27)7-25-6-10-12(24-18(25)29)3-2-11(19)15(10)20/h2-5,8,26H,6-7H2,1H3,(H2,21,28)(H,23,27)(H,24,29)/t8-/m1/s1. The minimum Gasteiger partial charge on any atom is -0.506 e. The minimum absolute atomic E-state index is 0.00249. The number of anilines is 1. The van der Waals surface area contributed by atoms with E-state index in [1.165, 1.54) is 13.0 Å². The number of carbonyl (C=O) groups excluding carboxylic acids is 3. The third-order valence-corrected chi connectivity index (χ3v) is 4.38. The maximum atomic E-state index is 14.0. The highest BCUT2D eigenvalue weighted by Crippen LogP contribution is 2.27. The van der Waals surface area contributed by atoms with Gasteiger partial charge in [-0.2, -0.15) is 0 Å². The number of nitrogens with one attached hydrogen (secondary N) is 2. The lowest BCUT2D eigenvalue weighted by atomic mass is 10.1. The molecule has 1 atom stereocenters. The van der Waals surface area contributed by atoms with Crippen LogP contribution in [0.25, 0.3) is 0 Å². The quantitative estimate of drug-likeness (QED) is 0.596. The molecule has 1 aliphatic heterocycles. The van der Waals surface area contributed by atoms with E-state index in [1.54, 1.807) is 0 Å². The Labute approximate surface area is 163 Å². The van der Waals surface area contributed by atoms with Gasteiger partial charge in [-0.1, -0.05) is 0 Å². The van der Waals surface area contributed by atoms with Gasteiger partial charge < -0.3 is 26.4 Å². The Morgan fingerprint density at radius 3 is 2.79 bits per heavy atom. The van der Waals surface area contributed by atoms with Crippen LogP contribution in [0.1, 0.15) is 34.6 Å². The van der Waals surface area contributed by atoms with Crippen LogP contribution < -0.4 is 16.4 Å². The van der Waals surface area contributed by atoms with Gasteiger partial charge >= 0.3 is 6.03 Å². The van der Waals surface area contributed by atoms with Crippen molar-refractivity contribution in [3.63, 3.8) is 0 Å². The molecule has 29 heavy (non-hydrogen) atoms. The van der Waals surface area contributed by atoms with E-state index in [1.807, 2.05) is 0 Å². The molecular formula is C18H17F2N5O4. The summed E-state index contributed by atoms with van der Waals surface area (Å²) in [5.74, 6) is -3.87. The van der Waals surface area contributed by atoms with Crippen molar-refractivity contribution >= 4 is 23.5 Å². The maximum Gasteiger partial charge on any atom is 0.322 e. The van der Waals surface area contributed by atoms with Crippen LogP contribution in [0, 0.1) is 11.6 Å². The van der Waals surface area contributed by atoms with E-state index in [0.29, 0.717) is 0 Å². The average molecular weight is 405 g/mol. The van der Waals surface area contributed by atoms with Crippen molar-refractivity contribution < 1.29 is 28.3 Å². The van der Waals surface area contributed by atoms with Gasteiger partial charge in [-0.15, -0.1) is 0 Å². The van der Waals surface area contributed by atoms with E-state index in [2.05, 4.69) is 15.6 Å². The second-order valence-corrected chi connectivity index (χ2v) is 6.46. The number of fused-ring (bicyclic) bond motifs is 1. The number of nitrogens with zero attached hydrogens (tertiary/aromatic N) is 2. The Morgan fingerprint density at radius 1 is 1.41 bits per heavy atom. The molecule has 11 heteroatoms. The fraction of sp³-hybridized carbons (Fsp3) is 0.222. The number of hydrogen-bond donors (Lipinski definition) is 4. The molecule has 2 heterocycles. The molecule has 152 valence electrons. The van der Waals surface area contributed by atoms with Gasteiger partial charge in [0.25, 0.3) is 0 Å². The van der Waals surface area contributed by atoms with Crippen molar-refractivity contribution in [1.82, 2.24) is 15.2 Å². The number of carbonyl (C=O) groups is 3. The third-order valence-electron chi connectivity index (χ3n) is 4.38. The van der Waals surface area contributed by atoms with Crippen LogP contribution in [0.15, 0.2) is 24.4 Å². The summed E-state index contributed by atoms with van der Waals surface area (Å²) >= 11 is 0. The number of pyridine rings is 1. The van der Waals surface area contributed by atoms with Gasteiger partial charge in [0, 0.05) is 11.8 Å². The molecule has 0 bridgehead atoms. The number of hydrogen-bond acceptors (Lipinski definition) is 5. The predicted octanol–water partition coefficient (Wildman–Crippen LogP) is 1.39. The first-order valence-corrected chi connectivity index (χ1v) is 8.48. The second-order valence-electron chi connectivity index (χ2n) is 6.46. The summed E-state index contributed by atoms with van der Waals surface area (Å²) in [6, 6.07) is 1.87. The summed E-state index contributed by atoms with van der Waals surface area (Å²) < 4.78 is 27.4. The molecule has 0 saturated carbocycles. The van der Waals surface area contributed by atoms with Gasteiger partial charge in [0.15, 0.2) is 11.6 Å². The summed E-state index contributed by atoms with van der Waals surface area (Å²) in [7, 11) is 0. The summed E-state index contributed by atoms with van der Waals surface area (Å²) in [6.07, 6.45) is 1.16. The summed E-state index contributed by atoms with van der Waals surface area (Å²) in [5.41, 5.74) is 5.28. The van der Waals surface area contributed by atoms with E-state index in [0.717, 1.165) is 23.2 Å². The molecule has 0 radical (unpaired) electrons. The van der Waals surface area contributed by atoms with Crippen LogP contribution in [0.4, 0.5) is 19.3 Å². The molecular weight excluding hydrogens is 388 g/mol. The van der Waals surface area contributed by atoms with Crippen molar-refractivity contribution in [2.75, 3.05) is 11.9 Å². The maximum absolute atomic E-state index is 14.0. The first-order valence-electron chi connectivity index (χ1n) is 8.48. The molecule has 9 nitrogen and oxygen atoms in total. The lowest BCUT2D eigenvalue weighted by Crippen LogP contribution is -2.45. The first-order chi connectivity index (χ1) is 13.7. The number of amides is 4. The number of nitrogens with two attached hydrogens (primary N) is 1. The van der Waals surface area contributed by atoms with E-state index in [9.17, 15) is 28.3 Å². The fourth-order valence-electron chi connectivity index (χ4n) is 2.91. The number of primary amides is 1. The molecule has 2 aromatic rings. The fourth-order valence-corrected chi connectivity index (χ4v) is 2.91. The summed E-state index contributed by atoms with van der Waals surface area (Å²) in [4.78, 5) is 40.5. The largest absolute Gasteiger partial charge is 0.506 e. The number of aromatic hydroxyl groups is 1. The van der Waals surface area contributed by atoms with Gasteiger partial charge in [-0.05, 0) is 25.1 Å². The highest BCUT2D eigenvalue weighted by atomic mass is 19.2. The van der Waals surface area contributed by atoms with Crippen LogP contribution in [0.2, 0.25) is 0 Å². The Morgan fingerprint density at radius 2 is 2.14 bits per heavy atom. The normalized spacial score (nSPS) is 14.0. The van der Waals surface area contributed by atoms with Crippen LogP contribution in [-0.4, -0.2) is 39.4 Å². The van der Waals surface area contributed by atoms with E-state index >= 15 is 0 Å². The number of benzene rings is 1. The first kappa shape index (κ1) is 20.0. The van der Waals surface area contributed by atoms with Gasteiger partial charge in [0.05, 0.1) is 23.8 Å². The number of aromatic nitrogens is 1. The zero-order valence-electron chi connectivity index (χ0n) is 15.2. The Kier molecular flexibility index (Phi) is 5.31. The SMILES string of the molecule is C[C@@H](NC(=O)CN1Cc2c(ccc(F)c2F)NC1=O)c1ncc(C(N)=O)cc1O. The topological polar surface area (TPSA) is 138 Å². The molecule has 0 fully saturated rings. The van der Waals surface area contributed by atoms with Gasteiger partial charge in [0.2, 0.25) is 11.8 Å². The van der Waals surface area contributed by atoms with Gasteiger partial charge in [-0.3, -0.25) is 14.6 Å². The van der Waals surface area contributed by atoms with Crippen molar-refractivity contribution in [2.45, 2.75) is 19.5 Å².